The Bertz CT molecular complexity index is 529. The van der Waals surface area contributed by atoms with Crippen molar-refractivity contribution in [1.82, 2.24) is 10.3 Å². The fraction of sp³-hybridized carbons (Fsp3) is 0.562. The summed E-state index contributed by atoms with van der Waals surface area (Å²) in [6.45, 7) is 8.82. The molecule has 1 unspecified atom stereocenters. The van der Waals surface area contributed by atoms with Crippen LogP contribution in [0.1, 0.15) is 53.7 Å². The van der Waals surface area contributed by atoms with Gasteiger partial charge >= 0.3 is 5.97 Å². The fourth-order valence-corrected chi connectivity index (χ4v) is 2.16. The third kappa shape index (κ3) is 5.11. The molecule has 1 amide bonds. The van der Waals surface area contributed by atoms with Gasteiger partial charge in [0.25, 0.3) is 5.91 Å². The van der Waals surface area contributed by atoms with E-state index in [2.05, 4.69) is 24.1 Å². The molecule has 0 saturated heterocycles. The first-order valence-corrected chi connectivity index (χ1v) is 7.47. The summed E-state index contributed by atoms with van der Waals surface area (Å²) in [5, 5.41) is 11.7. The number of aromatic nitrogens is 1. The maximum atomic E-state index is 12.0. The van der Waals surface area contributed by atoms with Gasteiger partial charge in [0.05, 0.1) is 17.4 Å². The van der Waals surface area contributed by atoms with Crippen LogP contribution in [0.2, 0.25) is 0 Å². The van der Waals surface area contributed by atoms with E-state index in [1.807, 2.05) is 6.92 Å². The second-order valence-electron chi connectivity index (χ2n) is 5.42. The van der Waals surface area contributed by atoms with Gasteiger partial charge in [0.15, 0.2) is 0 Å². The number of aryl methyl sites for hydroxylation is 1. The number of hydrogen-bond donors (Lipinski definition) is 2. The second kappa shape index (κ2) is 8.48. The zero-order valence-corrected chi connectivity index (χ0v) is 13.5. The molecule has 1 atom stereocenters. The Morgan fingerprint density at radius 2 is 2.05 bits per heavy atom. The summed E-state index contributed by atoms with van der Waals surface area (Å²) in [7, 11) is 0. The van der Waals surface area contributed by atoms with Crippen molar-refractivity contribution in [3.8, 4) is 0 Å². The average Bonchev–Trinajstić information content (AvgIpc) is 2.45. The zero-order chi connectivity index (χ0) is 16.7. The Labute approximate surface area is 130 Å². The number of hydrogen-bond acceptors (Lipinski definition) is 4. The van der Waals surface area contributed by atoms with Crippen molar-refractivity contribution in [3.05, 3.63) is 29.1 Å². The van der Waals surface area contributed by atoms with E-state index in [4.69, 9.17) is 9.84 Å². The third-order valence-corrected chi connectivity index (χ3v) is 3.39. The number of pyridine rings is 1. The minimum Gasteiger partial charge on any atom is -0.478 e. The SMILES string of the molecule is CCOC(CCNC(=O)c1ccc(C(=O)O)c(C)n1)C(C)C. The van der Waals surface area contributed by atoms with E-state index in [1.54, 1.807) is 6.92 Å². The van der Waals surface area contributed by atoms with E-state index in [0.29, 0.717) is 24.8 Å². The molecule has 0 radical (unpaired) electrons. The van der Waals surface area contributed by atoms with E-state index in [9.17, 15) is 9.59 Å². The Morgan fingerprint density at radius 3 is 2.55 bits per heavy atom. The van der Waals surface area contributed by atoms with E-state index in [-0.39, 0.29) is 23.3 Å². The van der Waals surface area contributed by atoms with Gasteiger partial charge in [0, 0.05) is 13.2 Å². The summed E-state index contributed by atoms with van der Waals surface area (Å²) in [6.07, 6.45) is 0.832. The van der Waals surface area contributed by atoms with Crippen LogP contribution >= 0.6 is 0 Å². The number of rotatable bonds is 8. The molecule has 1 aromatic rings. The Morgan fingerprint density at radius 1 is 1.36 bits per heavy atom. The molecule has 0 aliphatic rings. The molecule has 0 bridgehead atoms. The monoisotopic (exact) mass is 308 g/mol. The van der Waals surface area contributed by atoms with E-state index in [1.165, 1.54) is 12.1 Å². The Kier molecular flexibility index (Phi) is 6.98. The molecule has 1 heterocycles. The fourth-order valence-electron chi connectivity index (χ4n) is 2.16. The van der Waals surface area contributed by atoms with Crippen LogP contribution in [0.4, 0.5) is 0 Å². The minimum atomic E-state index is -1.05. The maximum absolute atomic E-state index is 12.0. The highest BCUT2D eigenvalue weighted by atomic mass is 16.5. The van der Waals surface area contributed by atoms with Crippen molar-refractivity contribution >= 4 is 11.9 Å². The number of amides is 1. The molecule has 6 nitrogen and oxygen atoms in total. The summed E-state index contributed by atoms with van der Waals surface area (Å²) >= 11 is 0. The molecule has 0 aromatic carbocycles. The summed E-state index contributed by atoms with van der Waals surface area (Å²) in [5.41, 5.74) is 0.655. The van der Waals surface area contributed by atoms with Crippen molar-refractivity contribution < 1.29 is 19.4 Å². The van der Waals surface area contributed by atoms with Crippen molar-refractivity contribution in [3.63, 3.8) is 0 Å². The number of carboxylic acid groups (broad SMARTS) is 1. The standard InChI is InChI=1S/C16H24N2O4/c1-5-22-14(10(2)3)8-9-17-15(19)13-7-6-12(16(20)21)11(4)18-13/h6-7,10,14H,5,8-9H2,1-4H3,(H,17,19)(H,20,21). The van der Waals surface area contributed by atoms with Gasteiger partial charge in [-0.25, -0.2) is 9.78 Å². The topological polar surface area (TPSA) is 88.5 Å². The third-order valence-electron chi connectivity index (χ3n) is 3.39. The van der Waals surface area contributed by atoms with Crippen molar-refractivity contribution in [1.29, 1.82) is 0 Å². The van der Waals surface area contributed by atoms with E-state index < -0.39 is 5.97 Å². The largest absolute Gasteiger partial charge is 0.478 e. The first kappa shape index (κ1) is 18.1. The van der Waals surface area contributed by atoms with Crippen LogP contribution in [0.5, 0.6) is 0 Å². The van der Waals surface area contributed by atoms with E-state index in [0.717, 1.165) is 6.42 Å². The number of carbonyl (C=O) groups excluding carboxylic acids is 1. The lowest BCUT2D eigenvalue weighted by atomic mass is 10.0. The number of carbonyl (C=O) groups is 2. The molecule has 122 valence electrons. The van der Waals surface area contributed by atoms with Crippen LogP contribution in [0.25, 0.3) is 0 Å². The number of nitrogens with one attached hydrogen (secondary N) is 1. The highest BCUT2D eigenvalue weighted by Gasteiger charge is 2.15. The van der Waals surface area contributed by atoms with Gasteiger partial charge in [-0.05, 0) is 38.3 Å². The predicted octanol–water partition coefficient (Wildman–Crippen LogP) is 2.27. The maximum Gasteiger partial charge on any atom is 0.337 e. The molecular formula is C16H24N2O4. The van der Waals surface area contributed by atoms with Crippen molar-refractivity contribution in [2.24, 2.45) is 5.92 Å². The smallest absolute Gasteiger partial charge is 0.337 e. The van der Waals surface area contributed by atoms with Crippen LogP contribution < -0.4 is 5.32 Å². The Hall–Kier alpha value is -1.95. The predicted molar refractivity (Wildman–Crippen MR) is 83.1 cm³/mol. The minimum absolute atomic E-state index is 0.104. The van der Waals surface area contributed by atoms with Crippen molar-refractivity contribution in [2.45, 2.75) is 40.2 Å². The molecule has 2 N–H and O–H groups in total. The molecule has 6 heteroatoms. The summed E-state index contributed by atoms with van der Waals surface area (Å²) in [4.78, 5) is 27.0. The van der Waals surface area contributed by atoms with Crippen LogP contribution in [-0.4, -0.2) is 41.2 Å². The number of ether oxygens (including phenoxy) is 1. The molecular weight excluding hydrogens is 284 g/mol. The quantitative estimate of drug-likeness (QED) is 0.769. The molecule has 0 spiro atoms. The van der Waals surface area contributed by atoms with Crippen LogP contribution in [0.3, 0.4) is 0 Å². The number of aromatic carboxylic acids is 1. The van der Waals surface area contributed by atoms with Gasteiger partial charge in [-0.15, -0.1) is 0 Å². The van der Waals surface area contributed by atoms with Gasteiger partial charge in [0.2, 0.25) is 0 Å². The lowest BCUT2D eigenvalue weighted by Gasteiger charge is -2.20. The summed E-state index contributed by atoms with van der Waals surface area (Å²) in [6, 6.07) is 2.82. The van der Waals surface area contributed by atoms with Gasteiger partial charge in [-0.1, -0.05) is 13.8 Å². The van der Waals surface area contributed by atoms with Crippen molar-refractivity contribution in [2.75, 3.05) is 13.2 Å². The van der Waals surface area contributed by atoms with Crippen LogP contribution in [0, 0.1) is 12.8 Å². The number of carboxylic acids is 1. The normalized spacial score (nSPS) is 12.2. The molecule has 0 aliphatic carbocycles. The molecule has 0 saturated carbocycles. The highest BCUT2D eigenvalue weighted by Crippen LogP contribution is 2.10. The van der Waals surface area contributed by atoms with E-state index >= 15 is 0 Å². The van der Waals surface area contributed by atoms with Crippen LogP contribution in [0.15, 0.2) is 12.1 Å². The average molecular weight is 308 g/mol. The second-order valence-corrected chi connectivity index (χ2v) is 5.42. The lowest BCUT2D eigenvalue weighted by Crippen LogP contribution is -2.30. The molecule has 0 aliphatic heterocycles. The van der Waals surface area contributed by atoms with Crippen LogP contribution in [-0.2, 0) is 4.74 Å². The molecule has 1 rings (SSSR count). The molecule has 22 heavy (non-hydrogen) atoms. The lowest BCUT2D eigenvalue weighted by molar-refractivity contribution is 0.0251. The van der Waals surface area contributed by atoms with Gasteiger partial charge < -0.3 is 15.2 Å². The number of nitrogens with zero attached hydrogens (tertiary/aromatic N) is 1. The highest BCUT2D eigenvalue weighted by molar-refractivity contribution is 5.94. The molecule has 0 fully saturated rings. The summed E-state index contributed by atoms with van der Waals surface area (Å²) < 4.78 is 5.62. The molecule has 1 aromatic heterocycles. The van der Waals surface area contributed by atoms with Gasteiger partial charge in [0.1, 0.15) is 5.69 Å². The first-order valence-electron chi connectivity index (χ1n) is 7.47. The first-order chi connectivity index (χ1) is 10.4. The summed E-state index contributed by atoms with van der Waals surface area (Å²) in [5.74, 6) is -0.973. The Balaban J connectivity index is 2.59. The van der Waals surface area contributed by atoms with Gasteiger partial charge in [-0.2, -0.15) is 0 Å². The zero-order valence-electron chi connectivity index (χ0n) is 13.5. The van der Waals surface area contributed by atoms with Gasteiger partial charge in [-0.3, -0.25) is 4.79 Å².